The lowest BCUT2D eigenvalue weighted by atomic mass is 10.1. The summed E-state index contributed by atoms with van der Waals surface area (Å²) in [7, 11) is 0. The van der Waals surface area contributed by atoms with Crippen LogP contribution in [0, 0.1) is 23.1 Å². The molecule has 0 amide bonds. The Morgan fingerprint density at radius 3 is 3.06 bits per heavy atom. The van der Waals surface area contributed by atoms with Crippen LogP contribution in [0.4, 0.5) is 4.39 Å². The van der Waals surface area contributed by atoms with Crippen molar-refractivity contribution in [1.82, 2.24) is 0 Å². The van der Waals surface area contributed by atoms with Crippen molar-refractivity contribution < 1.29 is 13.9 Å². The van der Waals surface area contributed by atoms with E-state index in [-0.39, 0.29) is 18.3 Å². The van der Waals surface area contributed by atoms with Crippen LogP contribution >= 0.6 is 0 Å². The number of nitrogens with zero attached hydrogens (tertiary/aromatic N) is 1. The largest absolute Gasteiger partial charge is 0.479 e. The van der Waals surface area contributed by atoms with Gasteiger partial charge in [0.05, 0.1) is 0 Å². The van der Waals surface area contributed by atoms with Gasteiger partial charge in [0.2, 0.25) is 0 Å². The fourth-order valence-electron chi connectivity index (χ4n) is 1.99. The first-order valence-corrected chi connectivity index (χ1v) is 5.01. The van der Waals surface area contributed by atoms with Gasteiger partial charge in [-0.2, -0.15) is 5.26 Å². The molecule has 16 heavy (non-hydrogen) atoms. The molecule has 0 heterocycles. The van der Waals surface area contributed by atoms with E-state index in [4.69, 9.17) is 10.00 Å². The Hall–Kier alpha value is -1.89. The second-order valence-electron chi connectivity index (χ2n) is 3.79. The normalized spacial score (nSPS) is 17.6. The third kappa shape index (κ3) is 1.89. The molecule has 0 fully saturated rings. The van der Waals surface area contributed by atoms with Crippen LogP contribution in [-0.2, 0) is 17.6 Å². The summed E-state index contributed by atoms with van der Waals surface area (Å²) in [5, 5.41) is 8.36. The summed E-state index contributed by atoms with van der Waals surface area (Å²) in [5.74, 6) is -0.130. The van der Waals surface area contributed by atoms with Crippen molar-refractivity contribution >= 4 is 6.29 Å². The van der Waals surface area contributed by atoms with Crippen LogP contribution in [0.1, 0.15) is 11.1 Å². The minimum atomic E-state index is -0.352. The van der Waals surface area contributed by atoms with Gasteiger partial charge in [0, 0.05) is 12.0 Å². The average molecular weight is 219 g/mol. The number of rotatable bonds is 3. The van der Waals surface area contributed by atoms with Gasteiger partial charge < -0.3 is 9.53 Å². The van der Waals surface area contributed by atoms with Crippen molar-refractivity contribution in [3.05, 3.63) is 29.1 Å². The summed E-state index contributed by atoms with van der Waals surface area (Å²) in [6, 6.07) is 4.80. The number of hydrogen-bond acceptors (Lipinski definition) is 3. The third-order valence-corrected chi connectivity index (χ3v) is 2.71. The fraction of sp³-hybridized carbons (Fsp3) is 0.333. The van der Waals surface area contributed by atoms with Gasteiger partial charge in [0.1, 0.15) is 23.9 Å². The van der Waals surface area contributed by atoms with Crippen LogP contribution in [0.25, 0.3) is 0 Å². The molecule has 1 unspecified atom stereocenters. The van der Waals surface area contributed by atoms with Gasteiger partial charge in [0.25, 0.3) is 0 Å². The molecule has 1 aromatic carbocycles. The summed E-state index contributed by atoms with van der Waals surface area (Å²) in [5.41, 5.74) is 1.41. The van der Waals surface area contributed by atoms with E-state index in [2.05, 4.69) is 0 Å². The lowest BCUT2D eigenvalue weighted by molar-refractivity contribution is -0.110. The summed E-state index contributed by atoms with van der Waals surface area (Å²) < 4.78 is 18.7. The first kappa shape index (κ1) is 10.6. The Morgan fingerprint density at radius 1 is 1.56 bits per heavy atom. The fourth-order valence-corrected chi connectivity index (χ4v) is 1.99. The quantitative estimate of drug-likeness (QED) is 0.726. The number of carbonyl (C=O) groups excluding carboxylic acids is 1. The Kier molecular flexibility index (Phi) is 2.86. The Labute approximate surface area is 92.4 Å². The van der Waals surface area contributed by atoms with Gasteiger partial charge >= 0.3 is 0 Å². The zero-order valence-corrected chi connectivity index (χ0v) is 8.57. The minimum Gasteiger partial charge on any atom is -0.479 e. The molecule has 0 saturated heterocycles. The lowest BCUT2D eigenvalue weighted by Gasteiger charge is -2.05. The molecular formula is C12H10FNO2. The molecule has 0 N–H and O–H groups in total. The van der Waals surface area contributed by atoms with Gasteiger partial charge in [-0.15, -0.1) is 0 Å². The molecule has 1 aliphatic carbocycles. The minimum absolute atomic E-state index is 0.102. The number of nitriles is 1. The van der Waals surface area contributed by atoms with Crippen LogP contribution in [-0.4, -0.2) is 12.9 Å². The van der Waals surface area contributed by atoms with E-state index in [1.165, 1.54) is 6.07 Å². The number of benzene rings is 1. The maximum absolute atomic E-state index is 13.6. The second kappa shape index (κ2) is 4.31. The smallest absolute Gasteiger partial charge is 0.174 e. The zero-order chi connectivity index (χ0) is 11.5. The molecule has 0 radical (unpaired) electrons. The number of ether oxygens (including phenoxy) is 1. The molecule has 0 spiro atoms. The van der Waals surface area contributed by atoms with Gasteiger partial charge in [-0.25, -0.2) is 4.39 Å². The Balaban J connectivity index is 2.27. The van der Waals surface area contributed by atoms with E-state index in [9.17, 15) is 9.18 Å². The molecule has 0 bridgehead atoms. The molecule has 3 nitrogen and oxygen atoms in total. The number of fused-ring (bicyclic) bond motifs is 1. The van der Waals surface area contributed by atoms with E-state index in [0.717, 1.165) is 11.8 Å². The maximum atomic E-state index is 13.6. The van der Waals surface area contributed by atoms with Crippen molar-refractivity contribution in [2.75, 3.05) is 6.61 Å². The predicted octanol–water partition coefficient (Wildman–Crippen LogP) is 1.64. The number of carbonyl (C=O) groups is 1. The highest BCUT2D eigenvalue weighted by atomic mass is 19.1. The molecule has 0 saturated carbocycles. The standard InChI is InChI=1S/C12H10FNO2/c13-12-6-10(16-2-1-14)5-9-3-8(7-15)4-11(9)12/h5-8H,2-4H2. The van der Waals surface area contributed by atoms with E-state index in [1.54, 1.807) is 6.07 Å². The van der Waals surface area contributed by atoms with Crippen LogP contribution < -0.4 is 4.74 Å². The SMILES string of the molecule is N#CCOc1cc(F)c2c(c1)CC(C=O)C2. The lowest BCUT2D eigenvalue weighted by Crippen LogP contribution is -1.99. The molecule has 0 aliphatic heterocycles. The third-order valence-electron chi connectivity index (χ3n) is 2.71. The van der Waals surface area contributed by atoms with E-state index >= 15 is 0 Å². The molecular weight excluding hydrogens is 209 g/mol. The summed E-state index contributed by atoms with van der Waals surface area (Å²) in [6.07, 6.45) is 1.87. The van der Waals surface area contributed by atoms with E-state index < -0.39 is 0 Å². The second-order valence-corrected chi connectivity index (χ2v) is 3.79. The Morgan fingerprint density at radius 2 is 2.38 bits per heavy atom. The first-order valence-electron chi connectivity index (χ1n) is 5.01. The molecule has 2 rings (SSSR count). The highest BCUT2D eigenvalue weighted by Gasteiger charge is 2.24. The molecule has 1 aliphatic rings. The van der Waals surface area contributed by atoms with Crippen molar-refractivity contribution in [1.29, 1.82) is 5.26 Å². The number of hydrogen-bond donors (Lipinski definition) is 0. The monoisotopic (exact) mass is 219 g/mol. The van der Waals surface area contributed by atoms with E-state index in [0.29, 0.717) is 24.2 Å². The summed E-state index contributed by atoms with van der Waals surface area (Å²) in [6.45, 7) is -0.102. The van der Waals surface area contributed by atoms with Crippen LogP contribution in [0.3, 0.4) is 0 Å². The number of aldehydes is 1. The average Bonchev–Trinajstić information content (AvgIpc) is 2.70. The van der Waals surface area contributed by atoms with Gasteiger partial charge in [-0.05, 0) is 30.0 Å². The highest BCUT2D eigenvalue weighted by Crippen LogP contribution is 2.31. The zero-order valence-electron chi connectivity index (χ0n) is 8.57. The summed E-state index contributed by atoms with van der Waals surface area (Å²) in [4.78, 5) is 10.6. The molecule has 1 aromatic rings. The van der Waals surface area contributed by atoms with Crippen LogP contribution in [0.5, 0.6) is 5.75 Å². The molecule has 0 aromatic heterocycles. The maximum Gasteiger partial charge on any atom is 0.174 e. The summed E-state index contributed by atoms with van der Waals surface area (Å²) >= 11 is 0. The number of halogens is 1. The van der Waals surface area contributed by atoms with Crippen molar-refractivity contribution in [2.24, 2.45) is 5.92 Å². The topological polar surface area (TPSA) is 50.1 Å². The predicted molar refractivity (Wildman–Crippen MR) is 54.5 cm³/mol. The van der Waals surface area contributed by atoms with Crippen molar-refractivity contribution in [3.8, 4) is 11.8 Å². The molecule has 4 heteroatoms. The van der Waals surface area contributed by atoms with E-state index in [1.807, 2.05) is 6.07 Å². The van der Waals surface area contributed by atoms with Gasteiger partial charge in [-0.1, -0.05) is 0 Å². The van der Waals surface area contributed by atoms with Crippen LogP contribution in [0.2, 0.25) is 0 Å². The van der Waals surface area contributed by atoms with Crippen molar-refractivity contribution in [2.45, 2.75) is 12.8 Å². The highest BCUT2D eigenvalue weighted by molar-refractivity contribution is 5.59. The first-order chi connectivity index (χ1) is 7.74. The van der Waals surface area contributed by atoms with Gasteiger partial charge in [0.15, 0.2) is 6.61 Å². The van der Waals surface area contributed by atoms with Gasteiger partial charge in [-0.3, -0.25) is 0 Å². The van der Waals surface area contributed by atoms with Crippen LogP contribution in [0.15, 0.2) is 12.1 Å². The molecule has 1 atom stereocenters. The Bertz CT molecular complexity index is 465. The van der Waals surface area contributed by atoms with Crippen molar-refractivity contribution in [3.63, 3.8) is 0 Å². The molecule has 82 valence electrons.